The standard InChI is InChI=1S/C21H20F5N5/c22-20(23)8-9-27-11-16(20)30-17-3-1-2-14(29-17)15-10-28-18-5-4-13(12-31(15)18)19(6-7-19)21(24,25)26/h1-5,10,12,16,27H,6-9,11H2,(H,29,30)/t16-/m0/s1. The number of rotatable bonds is 4. The maximum atomic E-state index is 14.2. The maximum absolute atomic E-state index is 14.2. The Morgan fingerprint density at radius 3 is 2.61 bits per heavy atom. The molecule has 4 heterocycles. The minimum absolute atomic E-state index is 0.0628. The maximum Gasteiger partial charge on any atom is 0.398 e. The van der Waals surface area contributed by atoms with Crippen LogP contribution in [0.4, 0.5) is 27.8 Å². The summed E-state index contributed by atoms with van der Waals surface area (Å²) in [5.74, 6) is -2.59. The van der Waals surface area contributed by atoms with E-state index in [4.69, 9.17) is 0 Å². The number of piperidine rings is 1. The molecule has 1 saturated heterocycles. The molecule has 2 aliphatic rings. The Morgan fingerprint density at radius 2 is 1.90 bits per heavy atom. The van der Waals surface area contributed by atoms with Crippen LogP contribution in [0.1, 0.15) is 24.8 Å². The number of pyridine rings is 2. The van der Waals surface area contributed by atoms with E-state index in [1.807, 2.05) is 0 Å². The van der Waals surface area contributed by atoms with E-state index in [1.54, 1.807) is 28.7 Å². The molecule has 164 valence electrons. The quantitative estimate of drug-likeness (QED) is 0.595. The molecule has 0 unspecified atom stereocenters. The molecule has 3 aromatic rings. The van der Waals surface area contributed by atoms with E-state index in [0.29, 0.717) is 17.0 Å². The molecule has 0 bridgehead atoms. The van der Waals surface area contributed by atoms with Gasteiger partial charge in [-0.2, -0.15) is 13.2 Å². The largest absolute Gasteiger partial charge is 0.398 e. The predicted octanol–water partition coefficient (Wildman–Crippen LogP) is 4.40. The summed E-state index contributed by atoms with van der Waals surface area (Å²) in [6, 6.07) is 6.86. The van der Waals surface area contributed by atoms with Gasteiger partial charge in [-0.1, -0.05) is 12.1 Å². The van der Waals surface area contributed by atoms with Gasteiger partial charge in [-0.25, -0.2) is 18.7 Å². The summed E-state index contributed by atoms with van der Waals surface area (Å²) in [6.45, 7) is 0.361. The fraction of sp³-hybridized carbons (Fsp3) is 0.429. The van der Waals surface area contributed by atoms with Gasteiger partial charge >= 0.3 is 6.18 Å². The van der Waals surface area contributed by atoms with Crippen molar-refractivity contribution in [2.75, 3.05) is 18.4 Å². The van der Waals surface area contributed by atoms with Crippen molar-refractivity contribution in [3.8, 4) is 11.4 Å². The van der Waals surface area contributed by atoms with Gasteiger partial charge in [0.2, 0.25) is 0 Å². The molecule has 1 atom stereocenters. The van der Waals surface area contributed by atoms with E-state index in [-0.39, 0.29) is 43.7 Å². The van der Waals surface area contributed by atoms with Crippen LogP contribution in [0.15, 0.2) is 42.7 Å². The van der Waals surface area contributed by atoms with Gasteiger partial charge in [-0.3, -0.25) is 4.40 Å². The van der Waals surface area contributed by atoms with Gasteiger partial charge in [0, 0.05) is 25.7 Å². The molecule has 3 aromatic heterocycles. The van der Waals surface area contributed by atoms with E-state index < -0.39 is 23.6 Å². The number of alkyl halides is 5. The molecule has 1 saturated carbocycles. The predicted molar refractivity (Wildman–Crippen MR) is 105 cm³/mol. The lowest BCUT2D eigenvalue weighted by molar-refractivity contribution is -0.160. The molecule has 5 rings (SSSR count). The zero-order valence-corrected chi connectivity index (χ0v) is 16.4. The summed E-state index contributed by atoms with van der Waals surface area (Å²) < 4.78 is 70.6. The number of aromatic nitrogens is 3. The molecule has 10 heteroatoms. The molecule has 1 aliphatic carbocycles. The highest BCUT2D eigenvalue weighted by molar-refractivity contribution is 5.62. The number of nitrogens with zero attached hydrogens (tertiary/aromatic N) is 3. The lowest BCUT2D eigenvalue weighted by Gasteiger charge is -2.32. The number of imidazole rings is 1. The third kappa shape index (κ3) is 3.42. The molecule has 0 radical (unpaired) electrons. The first-order chi connectivity index (χ1) is 14.7. The molecule has 0 spiro atoms. The molecule has 0 aromatic carbocycles. The van der Waals surface area contributed by atoms with Crippen molar-refractivity contribution in [3.05, 3.63) is 48.3 Å². The van der Waals surface area contributed by atoms with Crippen LogP contribution in [-0.4, -0.2) is 45.6 Å². The van der Waals surface area contributed by atoms with Crippen molar-refractivity contribution in [2.45, 2.75) is 42.8 Å². The van der Waals surface area contributed by atoms with Crippen LogP contribution < -0.4 is 10.6 Å². The van der Waals surface area contributed by atoms with Crippen molar-refractivity contribution in [2.24, 2.45) is 0 Å². The lowest BCUT2D eigenvalue weighted by Crippen LogP contribution is -2.52. The van der Waals surface area contributed by atoms with E-state index in [1.165, 1.54) is 18.5 Å². The third-order valence-electron chi connectivity index (χ3n) is 6.18. The Balaban J connectivity index is 1.49. The van der Waals surface area contributed by atoms with Crippen LogP contribution in [0.2, 0.25) is 0 Å². The average molecular weight is 437 g/mol. The van der Waals surface area contributed by atoms with Crippen LogP contribution in [0.25, 0.3) is 17.0 Å². The van der Waals surface area contributed by atoms with Crippen LogP contribution >= 0.6 is 0 Å². The molecule has 2 fully saturated rings. The first-order valence-corrected chi connectivity index (χ1v) is 10.1. The zero-order valence-electron chi connectivity index (χ0n) is 16.4. The average Bonchev–Trinajstić information content (AvgIpc) is 3.44. The minimum atomic E-state index is -4.32. The first kappa shape index (κ1) is 20.2. The topological polar surface area (TPSA) is 54.2 Å². The first-order valence-electron chi connectivity index (χ1n) is 10.1. The van der Waals surface area contributed by atoms with E-state index in [0.717, 1.165) is 0 Å². The van der Waals surface area contributed by atoms with Crippen molar-refractivity contribution < 1.29 is 22.0 Å². The Kier molecular flexibility index (Phi) is 4.47. The fourth-order valence-corrected chi connectivity index (χ4v) is 4.13. The highest BCUT2D eigenvalue weighted by atomic mass is 19.4. The molecule has 2 N–H and O–H groups in total. The third-order valence-corrected chi connectivity index (χ3v) is 6.18. The molecule has 0 amide bonds. The molecular weight excluding hydrogens is 417 g/mol. The van der Waals surface area contributed by atoms with Crippen LogP contribution in [0, 0.1) is 0 Å². The second-order valence-electron chi connectivity index (χ2n) is 8.19. The minimum Gasteiger partial charge on any atom is -0.360 e. The van der Waals surface area contributed by atoms with Crippen LogP contribution in [0.5, 0.6) is 0 Å². The summed E-state index contributed by atoms with van der Waals surface area (Å²) in [5.41, 5.74) is -0.210. The van der Waals surface area contributed by atoms with Gasteiger partial charge in [0.15, 0.2) is 0 Å². The Hall–Kier alpha value is -2.75. The number of nitrogens with one attached hydrogen (secondary N) is 2. The Bertz CT molecular complexity index is 1120. The summed E-state index contributed by atoms with van der Waals surface area (Å²) in [6.07, 6.45) is -1.47. The molecule has 31 heavy (non-hydrogen) atoms. The van der Waals surface area contributed by atoms with Gasteiger partial charge in [0.25, 0.3) is 5.92 Å². The normalized spacial score (nSPS) is 22.4. The number of hydrogen-bond acceptors (Lipinski definition) is 4. The molecular formula is C21H20F5N5. The number of hydrogen-bond donors (Lipinski definition) is 2. The number of halogens is 5. The van der Waals surface area contributed by atoms with Gasteiger partial charge in [0.1, 0.15) is 17.5 Å². The Labute approximate surface area is 174 Å². The zero-order chi connectivity index (χ0) is 21.9. The van der Waals surface area contributed by atoms with Gasteiger partial charge in [0.05, 0.1) is 23.0 Å². The smallest absolute Gasteiger partial charge is 0.360 e. The van der Waals surface area contributed by atoms with Crippen LogP contribution in [0.3, 0.4) is 0 Å². The van der Waals surface area contributed by atoms with Gasteiger partial charge < -0.3 is 10.6 Å². The van der Waals surface area contributed by atoms with E-state index >= 15 is 0 Å². The number of fused-ring (bicyclic) bond motifs is 1. The van der Waals surface area contributed by atoms with Gasteiger partial charge in [-0.05, 0) is 36.6 Å². The van der Waals surface area contributed by atoms with Crippen molar-refractivity contribution >= 4 is 11.5 Å². The highest BCUT2D eigenvalue weighted by Gasteiger charge is 2.64. The summed E-state index contributed by atoms with van der Waals surface area (Å²) in [4.78, 5) is 8.69. The molecule has 5 nitrogen and oxygen atoms in total. The summed E-state index contributed by atoms with van der Waals surface area (Å²) in [5, 5.41) is 5.72. The SMILES string of the molecule is FC1(F)CCNC[C@@H]1Nc1cccc(-c2cnc3ccc(C4(C(F)(F)F)CC4)cn23)n1. The Morgan fingerprint density at radius 1 is 1.10 bits per heavy atom. The summed E-state index contributed by atoms with van der Waals surface area (Å²) >= 11 is 0. The van der Waals surface area contributed by atoms with Crippen LogP contribution in [-0.2, 0) is 5.41 Å². The van der Waals surface area contributed by atoms with Crippen molar-refractivity contribution in [3.63, 3.8) is 0 Å². The second kappa shape index (κ2) is 6.88. The van der Waals surface area contributed by atoms with E-state index in [9.17, 15) is 22.0 Å². The lowest BCUT2D eigenvalue weighted by atomic mass is 9.97. The fourth-order valence-electron chi connectivity index (χ4n) is 4.13. The molecule has 1 aliphatic heterocycles. The second-order valence-corrected chi connectivity index (χ2v) is 8.19. The van der Waals surface area contributed by atoms with E-state index in [2.05, 4.69) is 20.6 Å². The van der Waals surface area contributed by atoms with Crippen molar-refractivity contribution in [1.29, 1.82) is 0 Å². The summed E-state index contributed by atoms with van der Waals surface area (Å²) in [7, 11) is 0. The highest BCUT2D eigenvalue weighted by Crippen LogP contribution is 2.58. The van der Waals surface area contributed by atoms with Gasteiger partial charge in [-0.15, -0.1) is 0 Å². The van der Waals surface area contributed by atoms with Crippen molar-refractivity contribution in [1.82, 2.24) is 19.7 Å². The number of anilines is 1. The monoisotopic (exact) mass is 437 g/mol.